The Balaban J connectivity index is 3.28. The van der Waals surface area contributed by atoms with E-state index in [0.29, 0.717) is 5.16 Å². The third-order valence-electron chi connectivity index (χ3n) is 0.939. The normalized spacial score (nSPS) is 16.8. The molecular formula is C7H16HfP. The Morgan fingerprint density at radius 3 is 2.00 bits per heavy atom. The van der Waals surface area contributed by atoms with Gasteiger partial charge in [-0.2, -0.15) is 0 Å². The van der Waals surface area contributed by atoms with Crippen LogP contribution in [0.1, 0.15) is 27.7 Å². The van der Waals surface area contributed by atoms with Crippen LogP contribution in [0.15, 0.2) is 0 Å². The van der Waals surface area contributed by atoms with Gasteiger partial charge >= 0.3 is 75.6 Å². The van der Waals surface area contributed by atoms with Crippen molar-refractivity contribution in [2.24, 2.45) is 0 Å². The molecule has 0 nitrogen and oxygen atoms in total. The van der Waals surface area contributed by atoms with Crippen molar-refractivity contribution >= 4 is 8.58 Å². The molecule has 0 aliphatic carbocycles. The van der Waals surface area contributed by atoms with E-state index in [1.165, 1.54) is 30.5 Å². The molecule has 0 N–H and O–H groups in total. The quantitative estimate of drug-likeness (QED) is 0.543. The van der Waals surface area contributed by atoms with Crippen LogP contribution >= 0.6 is 8.58 Å². The van der Waals surface area contributed by atoms with Crippen molar-refractivity contribution in [1.82, 2.24) is 0 Å². The van der Waals surface area contributed by atoms with Crippen molar-refractivity contribution in [3.8, 4) is 0 Å². The zero-order valence-electron chi connectivity index (χ0n) is 6.78. The molecule has 0 aliphatic heterocycles. The molecule has 0 aromatic heterocycles. The molecule has 53 valence electrons. The van der Waals surface area contributed by atoms with Crippen LogP contribution in [0.5, 0.6) is 0 Å². The van der Waals surface area contributed by atoms with Crippen LogP contribution in [-0.2, 0) is 24.4 Å². The minimum absolute atomic E-state index is 0.582. The number of hydrogen-bond donors (Lipinski definition) is 0. The van der Waals surface area contributed by atoms with E-state index < -0.39 is 0 Å². The second-order valence-electron chi connectivity index (χ2n) is 3.53. The van der Waals surface area contributed by atoms with Crippen molar-refractivity contribution in [3.05, 3.63) is 0 Å². The van der Waals surface area contributed by atoms with Gasteiger partial charge < -0.3 is 0 Å². The molecule has 0 saturated carbocycles. The monoisotopic (exact) mass is 311 g/mol. The van der Waals surface area contributed by atoms with Crippen LogP contribution in [0, 0.1) is 0 Å². The van der Waals surface area contributed by atoms with E-state index >= 15 is 0 Å². The Morgan fingerprint density at radius 2 is 1.89 bits per heavy atom. The Bertz CT molecular complexity index is 73.5. The number of hydrogen-bond acceptors (Lipinski definition) is 0. The standard InChI is InChI=1S/C7H16P.Hf/c1-5-6-8-7(2,3)4;/h5,8H,6H2,1-4H3;. The van der Waals surface area contributed by atoms with Gasteiger partial charge in [0.05, 0.1) is 0 Å². The fraction of sp³-hybridized carbons (Fsp3) is 1.00. The van der Waals surface area contributed by atoms with Gasteiger partial charge in [-0.3, -0.25) is 0 Å². The van der Waals surface area contributed by atoms with Crippen molar-refractivity contribution in [2.75, 3.05) is 6.16 Å². The second-order valence-corrected chi connectivity index (χ2v) is 9.33. The van der Waals surface area contributed by atoms with E-state index in [1.54, 1.807) is 0 Å². The molecule has 0 bridgehead atoms. The molecule has 0 rings (SSSR count). The molecule has 0 fully saturated rings. The molecule has 0 aliphatic rings. The molecule has 2 heteroatoms. The fourth-order valence-electron chi connectivity index (χ4n) is 0.459. The van der Waals surface area contributed by atoms with Crippen LogP contribution in [-0.4, -0.2) is 11.3 Å². The summed E-state index contributed by atoms with van der Waals surface area (Å²) >= 11 is 1.37. The van der Waals surface area contributed by atoms with E-state index in [2.05, 4.69) is 27.7 Å². The molecule has 2 unspecified atom stereocenters. The first-order chi connectivity index (χ1) is 3.92. The van der Waals surface area contributed by atoms with E-state index in [0.717, 1.165) is 12.3 Å². The van der Waals surface area contributed by atoms with E-state index in [9.17, 15) is 0 Å². The molecule has 0 aromatic rings. The van der Waals surface area contributed by atoms with E-state index in [-0.39, 0.29) is 0 Å². The predicted octanol–water partition coefficient (Wildman–Crippen LogP) is 2.82. The van der Waals surface area contributed by atoms with Crippen molar-refractivity contribution < 1.29 is 24.4 Å². The van der Waals surface area contributed by atoms with Gasteiger partial charge in [-0.05, 0) is 0 Å². The third-order valence-corrected chi connectivity index (χ3v) is 5.02. The van der Waals surface area contributed by atoms with Gasteiger partial charge in [0.1, 0.15) is 0 Å². The Labute approximate surface area is 75.5 Å². The second kappa shape index (κ2) is 4.23. The summed E-state index contributed by atoms with van der Waals surface area (Å²) in [5.41, 5.74) is 0. The molecule has 2 atom stereocenters. The molecular weight excluding hydrogens is 294 g/mol. The Morgan fingerprint density at radius 1 is 1.44 bits per heavy atom. The summed E-state index contributed by atoms with van der Waals surface area (Å²) in [5.74, 6) is 0. The zero-order valence-corrected chi connectivity index (χ0v) is 11.4. The molecule has 0 saturated heterocycles. The Kier molecular flexibility index (Phi) is 4.85. The zero-order chi connectivity index (χ0) is 7.49. The molecule has 9 heavy (non-hydrogen) atoms. The van der Waals surface area contributed by atoms with Crippen molar-refractivity contribution in [3.63, 3.8) is 0 Å². The summed E-state index contributed by atoms with van der Waals surface area (Å²) in [6, 6.07) is 0. The maximum absolute atomic E-state index is 2.35. The van der Waals surface area contributed by atoms with Gasteiger partial charge in [0.2, 0.25) is 0 Å². The predicted molar refractivity (Wildman–Crippen MR) is 42.4 cm³/mol. The first kappa shape index (κ1) is 10.3. The average molecular weight is 310 g/mol. The maximum atomic E-state index is 2.35. The summed E-state index contributed by atoms with van der Waals surface area (Å²) in [6.07, 6.45) is 1.45. The van der Waals surface area contributed by atoms with Crippen LogP contribution in [0.25, 0.3) is 0 Å². The van der Waals surface area contributed by atoms with Gasteiger partial charge in [0.25, 0.3) is 0 Å². The van der Waals surface area contributed by atoms with Gasteiger partial charge in [-0.1, -0.05) is 0 Å². The average Bonchev–Trinajstić information content (AvgIpc) is 1.59. The van der Waals surface area contributed by atoms with E-state index in [4.69, 9.17) is 0 Å². The third kappa shape index (κ3) is 9.30. The SMILES string of the molecule is C[CH]([Hf])CPC(C)(C)C. The minimum atomic E-state index is 0.582. The topological polar surface area (TPSA) is 0 Å². The van der Waals surface area contributed by atoms with Crippen LogP contribution in [0.4, 0.5) is 0 Å². The Hall–Kier alpha value is 1.30. The van der Waals surface area contributed by atoms with E-state index in [1.807, 2.05) is 0 Å². The molecule has 0 heterocycles. The fourth-order valence-corrected chi connectivity index (χ4v) is 2.48. The first-order valence-electron chi connectivity index (χ1n) is 3.38. The van der Waals surface area contributed by atoms with Gasteiger partial charge in [0, 0.05) is 0 Å². The van der Waals surface area contributed by atoms with Gasteiger partial charge in [-0.25, -0.2) is 0 Å². The van der Waals surface area contributed by atoms with Crippen LogP contribution < -0.4 is 0 Å². The summed E-state index contributed by atoms with van der Waals surface area (Å²) in [5, 5.41) is 0.582. The first-order valence-corrected chi connectivity index (χ1v) is 6.66. The molecule has 0 aromatic carbocycles. The summed E-state index contributed by atoms with van der Waals surface area (Å²) in [6.45, 7) is 9.34. The van der Waals surface area contributed by atoms with Crippen molar-refractivity contribution in [2.45, 2.75) is 36.5 Å². The summed E-state index contributed by atoms with van der Waals surface area (Å²) < 4.78 is 1.02. The van der Waals surface area contributed by atoms with Crippen LogP contribution in [0.3, 0.4) is 0 Å². The molecule has 0 amide bonds. The van der Waals surface area contributed by atoms with Gasteiger partial charge in [0.15, 0.2) is 0 Å². The molecule has 0 spiro atoms. The molecule has 0 radical (unpaired) electrons. The van der Waals surface area contributed by atoms with Crippen molar-refractivity contribution in [1.29, 1.82) is 0 Å². The summed E-state index contributed by atoms with van der Waals surface area (Å²) in [4.78, 5) is 0. The van der Waals surface area contributed by atoms with Crippen LogP contribution in [0.2, 0.25) is 3.67 Å². The van der Waals surface area contributed by atoms with Gasteiger partial charge in [-0.15, -0.1) is 0 Å². The number of rotatable bonds is 2. The summed E-state index contributed by atoms with van der Waals surface area (Å²) in [7, 11) is 1.16.